The summed E-state index contributed by atoms with van der Waals surface area (Å²) in [6.45, 7) is 4.38. The van der Waals surface area contributed by atoms with E-state index in [0.29, 0.717) is 12.3 Å². The molecule has 0 unspecified atom stereocenters. The molecule has 0 heterocycles. The van der Waals surface area contributed by atoms with Crippen molar-refractivity contribution in [3.63, 3.8) is 0 Å². The maximum atomic E-state index is 12.3. The number of rotatable bonds is 6. The second-order valence-electron chi connectivity index (χ2n) is 5.23. The number of benzene rings is 1. The third kappa shape index (κ3) is 3.92. The largest absolute Gasteiger partial charge is 0.382 e. The van der Waals surface area contributed by atoms with Gasteiger partial charge >= 0.3 is 0 Å². The van der Waals surface area contributed by atoms with Gasteiger partial charge in [0.25, 0.3) is 0 Å². The van der Waals surface area contributed by atoms with Gasteiger partial charge in [0.1, 0.15) is 4.90 Å². The molecule has 0 saturated heterocycles. The number of para-hydroxylation sites is 1. The van der Waals surface area contributed by atoms with Crippen LogP contribution in [-0.4, -0.2) is 46.1 Å². The molecule has 0 saturated carbocycles. The van der Waals surface area contributed by atoms with Crippen LogP contribution in [0.5, 0.6) is 0 Å². The summed E-state index contributed by atoms with van der Waals surface area (Å²) in [5.74, 6) is 0. The number of ether oxygens (including phenoxy) is 1. The van der Waals surface area contributed by atoms with Crippen LogP contribution in [0, 0.1) is 0 Å². The maximum Gasteiger partial charge on any atom is 0.244 e. The van der Waals surface area contributed by atoms with E-state index in [-0.39, 0.29) is 10.4 Å². The summed E-state index contributed by atoms with van der Waals surface area (Å²) >= 11 is 0. The molecule has 108 valence electrons. The molecule has 0 atom stereocenters. The molecule has 0 spiro atoms. The van der Waals surface area contributed by atoms with Crippen molar-refractivity contribution < 1.29 is 13.2 Å². The quantitative estimate of drug-likeness (QED) is 0.866. The first-order valence-electron chi connectivity index (χ1n) is 5.99. The molecule has 0 radical (unpaired) electrons. The van der Waals surface area contributed by atoms with Crippen molar-refractivity contribution in [2.75, 3.05) is 33.1 Å². The monoisotopic (exact) mass is 286 g/mol. The van der Waals surface area contributed by atoms with Crippen molar-refractivity contribution in [1.29, 1.82) is 0 Å². The van der Waals surface area contributed by atoms with Gasteiger partial charge in [-0.15, -0.1) is 0 Å². The Bertz CT molecular complexity index is 524. The summed E-state index contributed by atoms with van der Waals surface area (Å²) < 4.78 is 30.8. The standard InChI is InChI=1S/C13H22N2O3S/c1-13(2,10-18-5)14-11-8-6-7-9-12(11)19(16,17)15(3)4/h6-9,14H,10H2,1-5H3. The lowest BCUT2D eigenvalue weighted by Crippen LogP contribution is -2.36. The molecular formula is C13H22N2O3S. The highest BCUT2D eigenvalue weighted by molar-refractivity contribution is 7.89. The summed E-state index contributed by atoms with van der Waals surface area (Å²) in [5.41, 5.74) is 0.227. The summed E-state index contributed by atoms with van der Waals surface area (Å²) in [4.78, 5) is 0.268. The van der Waals surface area contributed by atoms with Crippen molar-refractivity contribution in [3.05, 3.63) is 24.3 Å². The molecular weight excluding hydrogens is 264 g/mol. The summed E-state index contributed by atoms with van der Waals surface area (Å²) in [7, 11) is 1.19. The Labute approximate surface area is 115 Å². The molecule has 0 aliphatic heterocycles. The Morgan fingerprint density at radius 2 is 1.84 bits per heavy atom. The first kappa shape index (κ1) is 15.9. The molecule has 1 aromatic carbocycles. The number of nitrogens with one attached hydrogen (secondary N) is 1. The summed E-state index contributed by atoms with van der Waals surface area (Å²) in [6, 6.07) is 6.87. The smallest absolute Gasteiger partial charge is 0.244 e. The van der Waals surface area contributed by atoms with Gasteiger partial charge in [-0.05, 0) is 26.0 Å². The van der Waals surface area contributed by atoms with Crippen LogP contribution in [0.2, 0.25) is 0 Å². The van der Waals surface area contributed by atoms with Gasteiger partial charge in [-0.1, -0.05) is 12.1 Å². The predicted molar refractivity (Wildman–Crippen MR) is 76.9 cm³/mol. The SMILES string of the molecule is COCC(C)(C)Nc1ccccc1S(=O)(=O)N(C)C. The molecule has 1 aromatic rings. The molecule has 6 heteroatoms. The Hall–Kier alpha value is -1.11. The number of hydrogen-bond donors (Lipinski definition) is 1. The van der Waals surface area contributed by atoms with Gasteiger partial charge in [-0.3, -0.25) is 0 Å². The molecule has 1 rings (SSSR count). The molecule has 0 aliphatic rings. The van der Waals surface area contributed by atoms with Crippen LogP contribution < -0.4 is 5.32 Å². The number of methoxy groups -OCH3 is 1. The molecule has 19 heavy (non-hydrogen) atoms. The van der Waals surface area contributed by atoms with E-state index in [4.69, 9.17) is 4.74 Å². The van der Waals surface area contributed by atoms with E-state index in [1.54, 1.807) is 31.4 Å². The molecule has 5 nitrogen and oxygen atoms in total. The molecule has 0 amide bonds. The van der Waals surface area contributed by atoms with Gasteiger partial charge < -0.3 is 10.1 Å². The lowest BCUT2D eigenvalue weighted by Gasteiger charge is -2.28. The fourth-order valence-corrected chi connectivity index (χ4v) is 2.79. The van der Waals surface area contributed by atoms with E-state index < -0.39 is 10.0 Å². The van der Waals surface area contributed by atoms with Gasteiger partial charge in [0.15, 0.2) is 0 Å². The topological polar surface area (TPSA) is 58.6 Å². The molecule has 0 aliphatic carbocycles. The van der Waals surface area contributed by atoms with Crippen molar-refractivity contribution >= 4 is 15.7 Å². The first-order chi connectivity index (χ1) is 8.70. The fraction of sp³-hybridized carbons (Fsp3) is 0.538. The second-order valence-corrected chi connectivity index (χ2v) is 7.35. The lowest BCUT2D eigenvalue weighted by molar-refractivity contribution is 0.158. The van der Waals surface area contributed by atoms with Crippen LogP contribution >= 0.6 is 0 Å². The van der Waals surface area contributed by atoms with E-state index in [0.717, 1.165) is 0 Å². The second kappa shape index (κ2) is 5.90. The maximum absolute atomic E-state index is 12.3. The van der Waals surface area contributed by atoms with Gasteiger partial charge in [0.2, 0.25) is 10.0 Å². The van der Waals surface area contributed by atoms with Crippen molar-refractivity contribution in [3.8, 4) is 0 Å². The van der Waals surface area contributed by atoms with Crippen LogP contribution in [0.15, 0.2) is 29.2 Å². The van der Waals surface area contributed by atoms with Crippen LogP contribution in [0.1, 0.15) is 13.8 Å². The van der Waals surface area contributed by atoms with E-state index in [1.807, 2.05) is 13.8 Å². The third-order valence-corrected chi connectivity index (χ3v) is 4.50. The van der Waals surface area contributed by atoms with E-state index in [9.17, 15) is 8.42 Å². The van der Waals surface area contributed by atoms with E-state index in [2.05, 4.69) is 5.32 Å². The normalized spacial score (nSPS) is 12.7. The lowest BCUT2D eigenvalue weighted by atomic mass is 10.1. The Kier molecular flexibility index (Phi) is 4.95. The summed E-state index contributed by atoms with van der Waals surface area (Å²) in [6.07, 6.45) is 0. The van der Waals surface area contributed by atoms with Crippen LogP contribution in [-0.2, 0) is 14.8 Å². The zero-order valence-electron chi connectivity index (χ0n) is 12.1. The minimum absolute atomic E-state index is 0.268. The average molecular weight is 286 g/mol. The predicted octanol–water partition coefficient (Wildman–Crippen LogP) is 1.77. The number of nitrogens with zero attached hydrogens (tertiary/aromatic N) is 1. The Morgan fingerprint density at radius 3 is 2.37 bits per heavy atom. The van der Waals surface area contributed by atoms with E-state index in [1.165, 1.54) is 18.4 Å². The Balaban J connectivity index is 3.18. The van der Waals surface area contributed by atoms with Gasteiger partial charge in [-0.2, -0.15) is 0 Å². The van der Waals surface area contributed by atoms with Gasteiger partial charge in [0, 0.05) is 21.2 Å². The number of anilines is 1. The highest BCUT2D eigenvalue weighted by atomic mass is 32.2. The average Bonchev–Trinajstić information content (AvgIpc) is 2.28. The fourth-order valence-electron chi connectivity index (χ4n) is 1.75. The minimum atomic E-state index is -3.46. The summed E-state index contributed by atoms with van der Waals surface area (Å²) in [5, 5.41) is 3.22. The number of sulfonamides is 1. The molecule has 1 N–H and O–H groups in total. The zero-order valence-corrected chi connectivity index (χ0v) is 12.9. The molecule has 0 bridgehead atoms. The van der Waals surface area contributed by atoms with E-state index >= 15 is 0 Å². The van der Waals surface area contributed by atoms with Crippen molar-refractivity contribution in [2.45, 2.75) is 24.3 Å². The van der Waals surface area contributed by atoms with Crippen LogP contribution in [0.3, 0.4) is 0 Å². The van der Waals surface area contributed by atoms with Crippen LogP contribution in [0.25, 0.3) is 0 Å². The van der Waals surface area contributed by atoms with Crippen molar-refractivity contribution in [2.24, 2.45) is 0 Å². The zero-order chi connectivity index (χ0) is 14.7. The van der Waals surface area contributed by atoms with Crippen molar-refractivity contribution in [1.82, 2.24) is 4.31 Å². The first-order valence-corrected chi connectivity index (χ1v) is 7.43. The number of hydrogen-bond acceptors (Lipinski definition) is 4. The highest BCUT2D eigenvalue weighted by Gasteiger charge is 2.24. The molecule has 0 aromatic heterocycles. The minimum Gasteiger partial charge on any atom is -0.382 e. The van der Waals surface area contributed by atoms with Crippen LogP contribution in [0.4, 0.5) is 5.69 Å². The van der Waals surface area contributed by atoms with Gasteiger partial charge in [0.05, 0.1) is 17.8 Å². The highest BCUT2D eigenvalue weighted by Crippen LogP contribution is 2.26. The van der Waals surface area contributed by atoms with Gasteiger partial charge in [-0.25, -0.2) is 12.7 Å². The third-order valence-electron chi connectivity index (χ3n) is 2.62. The Morgan fingerprint density at radius 1 is 1.26 bits per heavy atom. The molecule has 0 fully saturated rings.